The Morgan fingerprint density at radius 2 is 1.92 bits per heavy atom. The van der Waals surface area contributed by atoms with E-state index < -0.39 is 5.97 Å². The molecule has 1 aliphatic carbocycles. The maximum atomic E-state index is 10.6. The summed E-state index contributed by atoms with van der Waals surface area (Å²) in [7, 11) is 0. The molecule has 2 aromatic rings. The number of fused-ring (bicyclic) bond motifs is 1. The highest BCUT2D eigenvalue weighted by molar-refractivity contribution is 6.37. The summed E-state index contributed by atoms with van der Waals surface area (Å²) >= 11 is 12.4. The number of benzene rings is 2. The van der Waals surface area contributed by atoms with E-state index in [0.717, 1.165) is 30.4 Å². The second-order valence-electron chi connectivity index (χ2n) is 6.53. The Balaban J connectivity index is 1.67. The summed E-state index contributed by atoms with van der Waals surface area (Å²) in [6.45, 7) is 0.523. The van der Waals surface area contributed by atoms with Gasteiger partial charge in [-0.2, -0.15) is 0 Å². The van der Waals surface area contributed by atoms with Crippen LogP contribution in [0.2, 0.25) is 10.0 Å². The van der Waals surface area contributed by atoms with Crippen LogP contribution in [0.4, 0.5) is 0 Å². The summed E-state index contributed by atoms with van der Waals surface area (Å²) < 4.78 is 0. The Kier molecular flexibility index (Phi) is 6.36. The smallest absolute Gasteiger partial charge is 0.304 e. The first-order valence-corrected chi connectivity index (χ1v) is 9.47. The second kappa shape index (κ2) is 8.72. The van der Waals surface area contributed by atoms with Gasteiger partial charge in [-0.3, -0.25) is 4.79 Å². The van der Waals surface area contributed by atoms with Crippen LogP contribution in [0.3, 0.4) is 0 Å². The monoisotopic (exact) mass is 389 g/mol. The average Bonchev–Trinajstić information content (AvgIpc) is 2.61. The first-order valence-electron chi connectivity index (χ1n) is 8.72. The van der Waals surface area contributed by atoms with Gasteiger partial charge in [-0.1, -0.05) is 59.6 Å². The van der Waals surface area contributed by atoms with Crippen LogP contribution in [0.5, 0.6) is 0 Å². The van der Waals surface area contributed by atoms with Gasteiger partial charge in [0, 0.05) is 28.2 Å². The van der Waals surface area contributed by atoms with Crippen LogP contribution in [0.15, 0.2) is 36.4 Å². The van der Waals surface area contributed by atoms with Crippen molar-refractivity contribution >= 4 is 41.3 Å². The predicted octanol–water partition coefficient (Wildman–Crippen LogP) is 5.09. The molecule has 3 rings (SSSR count). The number of carbonyl (C=O) groups is 1. The highest BCUT2D eigenvalue weighted by Crippen LogP contribution is 2.27. The molecule has 0 aromatic heterocycles. The summed E-state index contributed by atoms with van der Waals surface area (Å²) in [5.41, 5.74) is 4.64. The molecule has 0 amide bonds. The van der Waals surface area contributed by atoms with Gasteiger partial charge >= 0.3 is 5.97 Å². The molecule has 0 spiro atoms. The number of hydrogen-bond acceptors (Lipinski definition) is 2. The molecule has 1 atom stereocenters. The summed E-state index contributed by atoms with van der Waals surface area (Å²) in [5, 5.41) is 13.4. The molecular weight excluding hydrogens is 369 g/mol. The van der Waals surface area contributed by atoms with Gasteiger partial charge in [-0.15, -0.1) is 0 Å². The van der Waals surface area contributed by atoms with Crippen LogP contribution >= 0.6 is 23.2 Å². The van der Waals surface area contributed by atoms with E-state index >= 15 is 0 Å². The van der Waals surface area contributed by atoms with Crippen molar-refractivity contribution in [1.29, 1.82) is 0 Å². The van der Waals surface area contributed by atoms with Gasteiger partial charge in [0.25, 0.3) is 0 Å². The zero-order valence-corrected chi connectivity index (χ0v) is 15.9. The summed E-state index contributed by atoms with van der Waals surface area (Å²) in [6.07, 6.45) is 7.10. The minimum atomic E-state index is -0.760. The number of hydrogen-bond donors (Lipinski definition) is 2. The summed E-state index contributed by atoms with van der Waals surface area (Å²) in [5.74, 6) is -0.760. The lowest BCUT2D eigenvalue weighted by Crippen LogP contribution is -2.35. The van der Waals surface area contributed by atoms with Gasteiger partial charge in [-0.25, -0.2) is 0 Å². The van der Waals surface area contributed by atoms with Crippen LogP contribution in [-0.2, 0) is 17.6 Å². The van der Waals surface area contributed by atoms with E-state index in [2.05, 4.69) is 23.5 Å². The molecule has 1 aliphatic rings. The molecule has 0 saturated heterocycles. The Bertz CT molecular complexity index is 813. The lowest BCUT2D eigenvalue weighted by Gasteiger charge is -2.25. The molecule has 2 aromatic carbocycles. The number of carboxylic acids is 1. The lowest BCUT2D eigenvalue weighted by molar-refractivity contribution is -0.136. The molecule has 0 heterocycles. The number of aryl methyl sites for hydroxylation is 1. The highest BCUT2D eigenvalue weighted by atomic mass is 35.5. The number of rotatable bonds is 6. The minimum absolute atomic E-state index is 0.164. The van der Waals surface area contributed by atoms with Crippen molar-refractivity contribution < 1.29 is 9.90 Å². The van der Waals surface area contributed by atoms with E-state index in [1.165, 1.54) is 11.1 Å². The van der Waals surface area contributed by atoms with Crippen LogP contribution < -0.4 is 5.32 Å². The third kappa shape index (κ3) is 4.88. The Labute approximate surface area is 163 Å². The van der Waals surface area contributed by atoms with Gasteiger partial charge in [0.2, 0.25) is 0 Å². The van der Waals surface area contributed by atoms with E-state index in [4.69, 9.17) is 28.3 Å². The van der Waals surface area contributed by atoms with Crippen molar-refractivity contribution in [3.63, 3.8) is 0 Å². The van der Waals surface area contributed by atoms with Crippen molar-refractivity contribution in [2.24, 2.45) is 0 Å². The zero-order chi connectivity index (χ0) is 18.5. The van der Waals surface area contributed by atoms with Gasteiger partial charge in [0.15, 0.2) is 0 Å². The van der Waals surface area contributed by atoms with Crippen LogP contribution in [0, 0.1) is 0 Å². The SMILES string of the molecule is O=C(O)CCNC1CCc2cc(/C=C/c3c(Cl)cccc3Cl)ccc2C1. The largest absolute Gasteiger partial charge is 0.481 e. The molecule has 1 unspecified atom stereocenters. The fourth-order valence-corrected chi connectivity index (χ4v) is 3.81. The highest BCUT2D eigenvalue weighted by Gasteiger charge is 2.18. The van der Waals surface area contributed by atoms with E-state index in [1.807, 2.05) is 30.4 Å². The fourth-order valence-electron chi connectivity index (χ4n) is 3.29. The standard InChI is InChI=1S/C21H21Cl2NO2/c22-19-2-1-3-20(23)18(19)9-5-14-4-6-16-13-17(8-7-15(16)12-14)24-11-10-21(25)26/h1-6,9,12,17,24H,7-8,10-11,13H2,(H,25,26)/b9-5+. The van der Waals surface area contributed by atoms with E-state index in [0.29, 0.717) is 22.6 Å². The van der Waals surface area contributed by atoms with Gasteiger partial charge in [0.1, 0.15) is 0 Å². The number of aliphatic carboxylic acids is 1. The van der Waals surface area contributed by atoms with Crippen molar-refractivity contribution in [1.82, 2.24) is 5.32 Å². The molecule has 0 bridgehead atoms. The molecule has 2 N–H and O–H groups in total. The fraction of sp³-hybridized carbons (Fsp3) is 0.286. The Morgan fingerprint density at radius 1 is 1.15 bits per heavy atom. The zero-order valence-electron chi connectivity index (χ0n) is 14.3. The second-order valence-corrected chi connectivity index (χ2v) is 7.35. The van der Waals surface area contributed by atoms with Crippen LogP contribution in [-0.4, -0.2) is 23.7 Å². The third-order valence-corrected chi connectivity index (χ3v) is 5.33. The molecule has 0 aliphatic heterocycles. The van der Waals surface area contributed by atoms with Crippen LogP contribution in [0.25, 0.3) is 12.2 Å². The molecule has 0 saturated carbocycles. The molecule has 136 valence electrons. The molecule has 0 fully saturated rings. The average molecular weight is 390 g/mol. The maximum absolute atomic E-state index is 10.6. The number of carboxylic acid groups (broad SMARTS) is 1. The quantitative estimate of drug-likeness (QED) is 0.676. The van der Waals surface area contributed by atoms with E-state index in [1.54, 1.807) is 0 Å². The number of halogens is 2. The molecule has 5 heteroatoms. The molecule has 3 nitrogen and oxygen atoms in total. The van der Waals surface area contributed by atoms with Gasteiger partial charge < -0.3 is 10.4 Å². The lowest BCUT2D eigenvalue weighted by atomic mass is 9.87. The van der Waals surface area contributed by atoms with Gasteiger partial charge in [-0.05, 0) is 48.1 Å². The van der Waals surface area contributed by atoms with E-state index in [-0.39, 0.29) is 6.42 Å². The third-order valence-electron chi connectivity index (χ3n) is 4.67. The Morgan fingerprint density at radius 3 is 2.65 bits per heavy atom. The maximum Gasteiger partial charge on any atom is 0.304 e. The molecule has 26 heavy (non-hydrogen) atoms. The van der Waals surface area contributed by atoms with Gasteiger partial charge in [0.05, 0.1) is 6.42 Å². The van der Waals surface area contributed by atoms with Crippen molar-refractivity contribution in [3.8, 4) is 0 Å². The molecule has 0 radical (unpaired) electrons. The first-order chi connectivity index (χ1) is 12.5. The normalized spacial score (nSPS) is 16.6. The number of nitrogens with one attached hydrogen (secondary N) is 1. The van der Waals surface area contributed by atoms with Crippen LogP contribution in [0.1, 0.15) is 35.1 Å². The van der Waals surface area contributed by atoms with Crippen molar-refractivity contribution in [2.75, 3.05) is 6.54 Å². The van der Waals surface area contributed by atoms with E-state index in [9.17, 15) is 4.79 Å². The minimum Gasteiger partial charge on any atom is -0.481 e. The van der Waals surface area contributed by atoms with Crippen molar-refractivity contribution in [2.45, 2.75) is 31.7 Å². The first kappa shape index (κ1) is 19.0. The summed E-state index contributed by atoms with van der Waals surface area (Å²) in [6, 6.07) is 12.3. The Hall–Kier alpha value is -1.81. The topological polar surface area (TPSA) is 49.3 Å². The van der Waals surface area contributed by atoms with Crippen molar-refractivity contribution in [3.05, 3.63) is 68.7 Å². The summed E-state index contributed by atoms with van der Waals surface area (Å²) in [4.78, 5) is 10.6. The molecular formula is C21H21Cl2NO2. The predicted molar refractivity (Wildman–Crippen MR) is 108 cm³/mol.